The number of H-pyrrole nitrogens is 1. The SMILES string of the molecule is CC(C)c1cc(C(=O)N2CCCO2)cc(=O)[nH]1. The lowest BCUT2D eigenvalue weighted by molar-refractivity contribution is -0.0768. The highest BCUT2D eigenvalue weighted by molar-refractivity contribution is 5.93. The van der Waals surface area contributed by atoms with Crippen LogP contribution in [0.25, 0.3) is 0 Å². The van der Waals surface area contributed by atoms with Crippen LogP contribution < -0.4 is 5.56 Å². The number of carbonyl (C=O) groups excluding carboxylic acids is 1. The molecule has 1 aliphatic rings. The molecule has 1 amide bonds. The van der Waals surface area contributed by atoms with Crippen LogP contribution in [-0.2, 0) is 4.84 Å². The number of aromatic amines is 1. The molecule has 0 radical (unpaired) electrons. The van der Waals surface area contributed by atoms with E-state index >= 15 is 0 Å². The van der Waals surface area contributed by atoms with Crippen molar-refractivity contribution in [3.8, 4) is 0 Å². The van der Waals surface area contributed by atoms with E-state index in [1.54, 1.807) is 6.07 Å². The number of rotatable bonds is 2. The van der Waals surface area contributed by atoms with Crippen LogP contribution in [0.2, 0.25) is 0 Å². The number of hydrogen-bond acceptors (Lipinski definition) is 3. The van der Waals surface area contributed by atoms with Crippen molar-refractivity contribution >= 4 is 5.91 Å². The molecule has 0 spiro atoms. The van der Waals surface area contributed by atoms with Crippen molar-refractivity contribution in [3.63, 3.8) is 0 Å². The maximum Gasteiger partial charge on any atom is 0.277 e. The molecule has 0 bridgehead atoms. The number of pyridine rings is 1. The van der Waals surface area contributed by atoms with Gasteiger partial charge in [0.25, 0.3) is 5.91 Å². The monoisotopic (exact) mass is 236 g/mol. The average molecular weight is 236 g/mol. The standard InChI is InChI=1S/C12H16N2O3/c1-8(2)10-6-9(7-11(15)13-10)12(16)14-4-3-5-17-14/h6-8H,3-5H2,1-2H3,(H,13,15). The smallest absolute Gasteiger partial charge is 0.277 e. The molecular formula is C12H16N2O3. The second-order valence-electron chi connectivity index (χ2n) is 4.44. The van der Waals surface area contributed by atoms with Crippen LogP contribution in [0, 0.1) is 0 Å². The normalized spacial score (nSPS) is 15.6. The molecule has 1 saturated heterocycles. The molecule has 0 aliphatic carbocycles. The van der Waals surface area contributed by atoms with Gasteiger partial charge in [-0.15, -0.1) is 0 Å². The average Bonchev–Trinajstić information content (AvgIpc) is 2.80. The molecule has 5 nitrogen and oxygen atoms in total. The Morgan fingerprint density at radius 1 is 1.47 bits per heavy atom. The summed E-state index contributed by atoms with van der Waals surface area (Å²) in [4.78, 5) is 31.4. The molecule has 1 N–H and O–H groups in total. The van der Waals surface area contributed by atoms with Crippen molar-refractivity contribution < 1.29 is 9.63 Å². The van der Waals surface area contributed by atoms with E-state index in [0.29, 0.717) is 18.7 Å². The molecule has 92 valence electrons. The quantitative estimate of drug-likeness (QED) is 0.841. The number of aromatic nitrogens is 1. The topological polar surface area (TPSA) is 62.4 Å². The van der Waals surface area contributed by atoms with Crippen molar-refractivity contribution in [2.24, 2.45) is 0 Å². The summed E-state index contributed by atoms with van der Waals surface area (Å²) in [5.74, 6) is -0.0644. The van der Waals surface area contributed by atoms with Crippen molar-refractivity contribution in [1.82, 2.24) is 10.0 Å². The van der Waals surface area contributed by atoms with E-state index in [-0.39, 0.29) is 17.4 Å². The Hall–Kier alpha value is -1.62. The minimum Gasteiger partial charge on any atom is -0.326 e. The predicted octanol–water partition coefficient (Wildman–Crippen LogP) is 1.28. The van der Waals surface area contributed by atoms with Gasteiger partial charge in [0.05, 0.1) is 13.2 Å². The summed E-state index contributed by atoms with van der Waals surface area (Å²) < 4.78 is 0. The maximum atomic E-state index is 12.0. The minimum atomic E-state index is -0.251. The molecule has 1 aliphatic heterocycles. The Balaban J connectivity index is 2.31. The lowest BCUT2D eigenvalue weighted by atomic mass is 10.1. The zero-order chi connectivity index (χ0) is 12.4. The van der Waals surface area contributed by atoms with E-state index in [1.165, 1.54) is 11.1 Å². The lowest BCUT2D eigenvalue weighted by Crippen LogP contribution is -2.28. The highest BCUT2D eigenvalue weighted by Crippen LogP contribution is 2.14. The molecule has 0 atom stereocenters. The molecule has 1 aromatic rings. The largest absolute Gasteiger partial charge is 0.326 e. The third kappa shape index (κ3) is 2.55. The summed E-state index contributed by atoms with van der Waals surface area (Å²) in [6.45, 7) is 5.08. The van der Waals surface area contributed by atoms with Crippen LogP contribution in [0.15, 0.2) is 16.9 Å². The summed E-state index contributed by atoms with van der Waals surface area (Å²) in [6, 6.07) is 3.03. The van der Waals surface area contributed by atoms with Crippen molar-refractivity contribution in [2.45, 2.75) is 26.2 Å². The van der Waals surface area contributed by atoms with Gasteiger partial charge in [-0.25, -0.2) is 5.06 Å². The fourth-order valence-electron chi connectivity index (χ4n) is 1.75. The second kappa shape index (κ2) is 4.71. The first kappa shape index (κ1) is 11.9. The number of hydroxylamine groups is 2. The summed E-state index contributed by atoms with van der Waals surface area (Å²) in [5, 5.41) is 1.32. The van der Waals surface area contributed by atoms with E-state index in [0.717, 1.165) is 12.1 Å². The third-order valence-electron chi connectivity index (χ3n) is 2.71. The molecule has 2 heterocycles. The van der Waals surface area contributed by atoms with Crippen LogP contribution in [0.4, 0.5) is 0 Å². The molecule has 0 unspecified atom stereocenters. The van der Waals surface area contributed by atoms with E-state index in [2.05, 4.69) is 4.98 Å². The molecule has 5 heteroatoms. The molecule has 0 saturated carbocycles. The van der Waals surface area contributed by atoms with Gasteiger partial charge >= 0.3 is 0 Å². The van der Waals surface area contributed by atoms with E-state index in [9.17, 15) is 9.59 Å². The van der Waals surface area contributed by atoms with Gasteiger partial charge in [0.15, 0.2) is 0 Å². The Labute approximate surface area is 99.4 Å². The number of amides is 1. The fraction of sp³-hybridized carbons (Fsp3) is 0.500. The Morgan fingerprint density at radius 2 is 2.24 bits per heavy atom. The molecule has 1 fully saturated rings. The van der Waals surface area contributed by atoms with Gasteiger partial charge in [0.2, 0.25) is 5.56 Å². The van der Waals surface area contributed by atoms with E-state index < -0.39 is 0 Å². The zero-order valence-electron chi connectivity index (χ0n) is 10.0. The summed E-state index contributed by atoms with van der Waals surface area (Å²) in [5.41, 5.74) is 0.901. The van der Waals surface area contributed by atoms with Crippen molar-refractivity contribution in [1.29, 1.82) is 0 Å². The van der Waals surface area contributed by atoms with Crippen molar-refractivity contribution in [3.05, 3.63) is 33.7 Å². The van der Waals surface area contributed by atoms with Gasteiger partial charge in [-0.2, -0.15) is 0 Å². The minimum absolute atomic E-state index is 0.176. The number of hydrogen-bond donors (Lipinski definition) is 1. The first-order valence-electron chi connectivity index (χ1n) is 5.77. The molecule has 0 aromatic carbocycles. The first-order valence-corrected chi connectivity index (χ1v) is 5.77. The molecule has 1 aromatic heterocycles. The second-order valence-corrected chi connectivity index (χ2v) is 4.44. The predicted molar refractivity (Wildman–Crippen MR) is 62.8 cm³/mol. The van der Waals surface area contributed by atoms with Gasteiger partial charge in [-0.3, -0.25) is 14.4 Å². The van der Waals surface area contributed by atoms with Gasteiger partial charge < -0.3 is 4.98 Å². The Bertz CT molecular complexity index is 473. The summed E-state index contributed by atoms with van der Waals surface area (Å²) in [7, 11) is 0. The summed E-state index contributed by atoms with van der Waals surface area (Å²) in [6.07, 6.45) is 0.839. The van der Waals surface area contributed by atoms with Gasteiger partial charge in [-0.1, -0.05) is 13.8 Å². The van der Waals surface area contributed by atoms with E-state index in [1.807, 2.05) is 13.8 Å². The fourth-order valence-corrected chi connectivity index (χ4v) is 1.75. The molecular weight excluding hydrogens is 220 g/mol. The van der Waals surface area contributed by atoms with Gasteiger partial charge in [0, 0.05) is 17.3 Å². The lowest BCUT2D eigenvalue weighted by Gasteiger charge is -2.14. The maximum absolute atomic E-state index is 12.0. The van der Waals surface area contributed by atoms with Gasteiger partial charge in [-0.05, 0) is 18.4 Å². The van der Waals surface area contributed by atoms with E-state index in [4.69, 9.17) is 4.84 Å². The number of nitrogens with zero attached hydrogens (tertiary/aromatic N) is 1. The summed E-state index contributed by atoms with van der Waals surface area (Å²) >= 11 is 0. The van der Waals surface area contributed by atoms with Crippen molar-refractivity contribution in [2.75, 3.05) is 13.2 Å². The van der Waals surface area contributed by atoms with Crippen LogP contribution in [-0.4, -0.2) is 29.1 Å². The molecule has 17 heavy (non-hydrogen) atoms. The third-order valence-corrected chi connectivity index (χ3v) is 2.71. The highest BCUT2D eigenvalue weighted by atomic mass is 16.7. The highest BCUT2D eigenvalue weighted by Gasteiger charge is 2.21. The van der Waals surface area contributed by atoms with Gasteiger partial charge in [0.1, 0.15) is 0 Å². The molecule has 2 rings (SSSR count). The number of carbonyl (C=O) groups is 1. The number of nitrogens with one attached hydrogen (secondary N) is 1. The Morgan fingerprint density at radius 3 is 2.82 bits per heavy atom. The van der Waals surface area contributed by atoms with Crippen LogP contribution in [0.3, 0.4) is 0 Å². The van der Waals surface area contributed by atoms with Crippen LogP contribution in [0.5, 0.6) is 0 Å². The van der Waals surface area contributed by atoms with Crippen LogP contribution >= 0.6 is 0 Å². The first-order chi connectivity index (χ1) is 8.08. The Kier molecular flexibility index (Phi) is 3.28. The van der Waals surface area contributed by atoms with Crippen LogP contribution in [0.1, 0.15) is 42.2 Å². The zero-order valence-corrected chi connectivity index (χ0v) is 10.0.